The summed E-state index contributed by atoms with van der Waals surface area (Å²) in [4.78, 5) is 10.5. The van der Waals surface area contributed by atoms with Crippen molar-refractivity contribution in [2.24, 2.45) is 0 Å². The van der Waals surface area contributed by atoms with Crippen LogP contribution >= 0.6 is 0 Å². The molecule has 0 saturated heterocycles. The zero-order chi connectivity index (χ0) is 15.0. The van der Waals surface area contributed by atoms with Crippen molar-refractivity contribution in [2.75, 3.05) is 23.7 Å². The number of nitro benzene ring substituents is 1. The summed E-state index contributed by atoms with van der Waals surface area (Å²) < 4.78 is 0. The average Bonchev–Trinajstić information content (AvgIpc) is 2.44. The molecule has 0 aromatic heterocycles. The Hall–Kier alpha value is -1.82. The molecule has 0 fully saturated rings. The predicted octanol–water partition coefficient (Wildman–Crippen LogP) is 2.99. The third-order valence-corrected chi connectivity index (χ3v) is 2.99. The maximum absolute atomic E-state index is 10.9. The Bertz CT molecular complexity index is 438. The molecule has 0 bridgehead atoms. The number of hydrogen-bond donors (Lipinski definition) is 3. The Morgan fingerprint density at radius 1 is 1.20 bits per heavy atom. The van der Waals surface area contributed by atoms with Crippen LogP contribution < -0.4 is 10.6 Å². The molecule has 0 radical (unpaired) electrons. The maximum atomic E-state index is 10.9. The van der Waals surface area contributed by atoms with Crippen LogP contribution in [0.5, 0.6) is 0 Å². The highest BCUT2D eigenvalue weighted by atomic mass is 16.6. The van der Waals surface area contributed by atoms with Crippen LogP contribution in [0.15, 0.2) is 18.2 Å². The summed E-state index contributed by atoms with van der Waals surface area (Å²) in [6, 6.07) is 4.89. The van der Waals surface area contributed by atoms with Crippen molar-refractivity contribution in [3.05, 3.63) is 28.3 Å². The molecule has 6 nitrogen and oxygen atoms in total. The quantitative estimate of drug-likeness (QED) is 0.478. The fourth-order valence-electron chi connectivity index (χ4n) is 1.78. The molecule has 0 amide bonds. The van der Waals surface area contributed by atoms with Crippen LogP contribution in [0, 0.1) is 10.1 Å². The number of aliphatic hydroxyl groups is 1. The minimum atomic E-state index is -0.400. The van der Waals surface area contributed by atoms with Gasteiger partial charge in [-0.05, 0) is 25.3 Å². The lowest BCUT2D eigenvalue weighted by atomic mass is 10.2. The van der Waals surface area contributed by atoms with Gasteiger partial charge in [0.2, 0.25) is 0 Å². The topological polar surface area (TPSA) is 87.4 Å². The van der Waals surface area contributed by atoms with E-state index >= 15 is 0 Å². The molecule has 1 atom stereocenters. The van der Waals surface area contributed by atoms with Crippen LogP contribution in [0.4, 0.5) is 17.1 Å². The number of nitrogens with one attached hydrogen (secondary N) is 2. The van der Waals surface area contributed by atoms with Crippen LogP contribution in [0.1, 0.15) is 33.1 Å². The van der Waals surface area contributed by atoms with Crippen molar-refractivity contribution in [1.82, 2.24) is 0 Å². The molecule has 0 heterocycles. The molecule has 20 heavy (non-hydrogen) atoms. The Morgan fingerprint density at radius 3 is 2.30 bits per heavy atom. The molecule has 0 saturated carbocycles. The van der Waals surface area contributed by atoms with Gasteiger partial charge in [0.15, 0.2) is 0 Å². The van der Waals surface area contributed by atoms with E-state index in [2.05, 4.69) is 10.6 Å². The smallest absolute Gasteiger partial charge is 0.273 e. The van der Waals surface area contributed by atoms with Gasteiger partial charge in [-0.25, -0.2) is 0 Å². The second-order valence-corrected chi connectivity index (χ2v) is 4.73. The van der Waals surface area contributed by atoms with E-state index in [1.54, 1.807) is 0 Å². The lowest BCUT2D eigenvalue weighted by Crippen LogP contribution is -2.12. The lowest BCUT2D eigenvalue weighted by Gasteiger charge is -2.12. The van der Waals surface area contributed by atoms with Crippen molar-refractivity contribution < 1.29 is 10.0 Å². The first kappa shape index (κ1) is 16.2. The van der Waals surface area contributed by atoms with Crippen molar-refractivity contribution in [3.63, 3.8) is 0 Å². The Kier molecular flexibility index (Phi) is 6.79. The third kappa shape index (κ3) is 5.44. The summed E-state index contributed by atoms with van der Waals surface area (Å²) in [6.07, 6.45) is 1.95. The van der Waals surface area contributed by atoms with Gasteiger partial charge in [0, 0.05) is 36.6 Å². The van der Waals surface area contributed by atoms with Gasteiger partial charge < -0.3 is 15.7 Å². The van der Waals surface area contributed by atoms with Gasteiger partial charge in [-0.2, -0.15) is 0 Å². The molecule has 0 aliphatic carbocycles. The first-order chi connectivity index (χ1) is 9.56. The van der Waals surface area contributed by atoms with Crippen LogP contribution in [-0.2, 0) is 0 Å². The SMILES string of the molecule is CCCNc1cc(NCCC(O)CC)cc([N+](=O)[O-])c1. The van der Waals surface area contributed by atoms with Crippen molar-refractivity contribution >= 4 is 17.1 Å². The van der Waals surface area contributed by atoms with Crippen molar-refractivity contribution in [2.45, 2.75) is 39.2 Å². The second kappa shape index (κ2) is 8.37. The number of aliphatic hydroxyl groups excluding tert-OH is 1. The molecule has 3 N–H and O–H groups in total. The summed E-state index contributed by atoms with van der Waals surface area (Å²) in [5.74, 6) is 0. The van der Waals surface area contributed by atoms with E-state index < -0.39 is 4.92 Å². The molecule has 0 aliphatic rings. The fraction of sp³-hybridized carbons (Fsp3) is 0.571. The number of hydrogen-bond acceptors (Lipinski definition) is 5. The maximum Gasteiger partial charge on any atom is 0.273 e. The summed E-state index contributed by atoms with van der Waals surface area (Å²) in [7, 11) is 0. The molecule has 1 aromatic carbocycles. The highest BCUT2D eigenvalue weighted by molar-refractivity contribution is 5.63. The van der Waals surface area contributed by atoms with Crippen LogP contribution in [0.3, 0.4) is 0 Å². The number of non-ortho nitro benzene ring substituents is 1. The number of anilines is 2. The lowest BCUT2D eigenvalue weighted by molar-refractivity contribution is -0.384. The summed E-state index contributed by atoms with van der Waals surface area (Å²) in [5, 5.41) is 26.7. The van der Waals surface area contributed by atoms with E-state index in [9.17, 15) is 15.2 Å². The van der Waals surface area contributed by atoms with Crippen LogP contribution in [0.2, 0.25) is 0 Å². The monoisotopic (exact) mass is 281 g/mol. The molecule has 0 aliphatic heterocycles. The largest absolute Gasteiger partial charge is 0.393 e. The summed E-state index contributed by atoms with van der Waals surface area (Å²) in [6.45, 7) is 5.32. The number of rotatable bonds is 9. The zero-order valence-corrected chi connectivity index (χ0v) is 12.1. The minimum absolute atomic E-state index is 0.0599. The van der Waals surface area contributed by atoms with Gasteiger partial charge in [0.05, 0.1) is 11.0 Å². The molecule has 6 heteroatoms. The molecule has 112 valence electrons. The number of nitrogens with zero attached hydrogens (tertiary/aromatic N) is 1. The van der Waals surface area contributed by atoms with E-state index in [4.69, 9.17) is 0 Å². The van der Waals surface area contributed by atoms with E-state index in [-0.39, 0.29) is 11.8 Å². The zero-order valence-electron chi connectivity index (χ0n) is 12.1. The van der Waals surface area contributed by atoms with Crippen LogP contribution in [-0.4, -0.2) is 29.2 Å². The van der Waals surface area contributed by atoms with Gasteiger partial charge in [0.1, 0.15) is 0 Å². The molecule has 1 unspecified atom stereocenters. The normalized spacial score (nSPS) is 11.9. The third-order valence-electron chi connectivity index (χ3n) is 2.99. The Morgan fingerprint density at radius 2 is 1.80 bits per heavy atom. The first-order valence-corrected chi connectivity index (χ1v) is 7.02. The average molecular weight is 281 g/mol. The van der Waals surface area contributed by atoms with Gasteiger partial charge in [-0.1, -0.05) is 13.8 Å². The predicted molar refractivity (Wildman–Crippen MR) is 81.3 cm³/mol. The first-order valence-electron chi connectivity index (χ1n) is 7.02. The molecule has 1 aromatic rings. The summed E-state index contributed by atoms with van der Waals surface area (Å²) >= 11 is 0. The molecule has 0 spiro atoms. The number of benzene rings is 1. The second-order valence-electron chi connectivity index (χ2n) is 4.73. The van der Waals surface area contributed by atoms with Gasteiger partial charge in [-0.3, -0.25) is 10.1 Å². The molecule has 1 rings (SSSR count). The van der Waals surface area contributed by atoms with Crippen molar-refractivity contribution in [3.8, 4) is 0 Å². The summed E-state index contributed by atoms with van der Waals surface area (Å²) in [5.41, 5.74) is 1.49. The van der Waals surface area contributed by atoms with Gasteiger partial charge in [0.25, 0.3) is 5.69 Å². The van der Waals surface area contributed by atoms with Crippen molar-refractivity contribution in [1.29, 1.82) is 0 Å². The van der Waals surface area contributed by atoms with E-state index in [0.717, 1.165) is 18.7 Å². The van der Waals surface area contributed by atoms with Gasteiger partial charge in [-0.15, -0.1) is 0 Å². The standard InChI is InChI=1S/C14H23N3O3/c1-3-6-15-11-8-12(10-13(9-11)17(19)20)16-7-5-14(18)4-2/h8-10,14-16,18H,3-7H2,1-2H3. The molecular weight excluding hydrogens is 258 g/mol. The van der Waals surface area contributed by atoms with E-state index in [1.165, 1.54) is 12.1 Å². The van der Waals surface area contributed by atoms with Gasteiger partial charge >= 0.3 is 0 Å². The fourth-order valence-corrected chi connectivity index (χ4v) is 1.78. The Balaban J connectivity index is 2.72. The number of nitro groups is 1. The Labute approximate surface area is 119 Å². The highest BCUT2D eigenvalue weighted by Gasteiger charge is 2.10. The highest BCUT2D eigenvalue weighted by Crippen LogP contribution is 2.24. The van der Waals surface area contributed by atoms with E-state index in [0.29, 0.717) is 25.1 Å². The van der Waals surface area contributed by atoms with Crippen LogP contribution in [0.25, 0.3) is 0 Å². The minimum Gasteiger partial charge on any atom is -0.393 e. The van der Waals surface area contributed by atoms with E-state index in [1.807, 2.05) is 19.9 Å². The molecular formula is C14H23N3O3.